The summed E-state index contributed by atoms with van der Waals surface area (Å²) in [6.45, 7) is 2.51. The van der Waals surface area contributed by atoms with E-state index in [0.717, 1.165) is 11.0 Å². The second kappa shape index (κ2) is 5.84. The molecule has 0 saturated heterocycles. The minimum Gasteiger partial charge on any atom is -0.355 e. The molecule has 0 aliphatic carbocycles. The number of nitrogens with zero attached hydrogens (tertiary/aromatic N) is 4. The molecule has 0 atom stereocenters. The van der Waals surface area contributed by atoms with Crippen LogP contribution < -0.4 is 16.6 Å². The lowest BCUT2D eigenvalue weighted by Gasteiger charge is -2.09. The van der Waals surface area contributed by atoms with Gasteiger partial charge in [0.25, 0.3) is 5.56 Å². The van der Waals surface area contributed by atoms with E-state index >= 15 is 0 Å². The molecular formula is C12H16BrN5O3. The van der Waals surface area contributed by atoms with E-state index in [9.17, 15) is 14.4 Å². The molecule has 0 aliphatic heterocycles. The van der Waals surface area contributed by atoms with Crippen molar-refractivity contribution in [3.05, 3.63) is 25.6 Å². The Balaban J connectivity index is 2.60. The van der Waals surface area contributed by atoms with Crippen LogP contribution in [0.25, 0.3) is 11.2 Å². The van der Waals surface area contributed by atoms with E-state index in [1.54, 1.807) is 7.05 Å². The zero-order valence-electron chi connectivity index (χ0n) is 12.0. The van der Waals surface area contributed by atoms with Gasteiger partial charge >= 0.3 is 5.69 Å². The fourth-order valence-corrected chi connectivity index (χ4v) is 2.54. The molecular weight excluding hydrogens is 342 g/mol. The van der Waals surface area contributed by atoms with E-state index in [-0.39, 0.29) is 18.0 Å². The molecule has 0 radical (unpaired) electrons. The monoisotopic (exact) mass is 357 g/mol. The fraction of sp³-hybridized carbons (Fsp3) is 0.500. The predicted octanol–water partition coefficient (Wildman–Crippen LogP) is -0.278. The number of hydrogen-bond acceptors (Lipinski definition) is 4. The fourth-order valence-electron chi connectivity index (χ4n) is 2.07. The van der Waals surface area contributed by atoms with Gasteiger partial charge in [-0.05, 0) is 22.4 Å². The number of aromatic nitrogens is 4. The number of aryl methyl sites for hydroxylation is 1. The van der Waals surface area contributed by atoms with Crippen LogP contribution in [0.3, 0.4) is 0 Å². The van der Waals surface area contributed by atoms with Gasteiger partial charge in [-0.25, -0.2) is 9.78 Å². The highest BCUT2D eigenvalue weighted by Crippen LogP contribution is 2.16. The van der Waals surface area contributed by atoms with Crippen molar-refractivity contribution in [1.82, 2.24) is 24.0 Å². The molecule has 0 spiro atoms. The number of carbonyl (C=O) groups is 1. The molecule has 2 rings (SSSR count). The first-order valence-corrected chi connectivity index (χ1v) is 7.26. The Morgan fingerprint density at radius 3 is 2.57 bits per heavy atom. The van der Waals surface area contributed by atoms with E-state index in [1.807, 2.05) is 6.92 Å². The molecule has 8 nitrogen and oxygen atoms in total. The van der Waals surface area contributed by atoms with Crippen molar-refractivity contribution < 1.29 is 4.79 Å². The lowest BCUT2D eigenvalue weighted by molar-refractivity contribution is -0.121. The minimum absolute atomic E-state index is 0.0163. The van der Waals surface area contributed by atoms with Gasteiger partial charge in [-0.1, -0.05) is 6.92 Å². The number of rotatable bonds is 4. The molecule has 0 saturated carbocycles. The highest BCUT2D eigenvalue weighted by atomic mass is 79.9. The molecule has 114 valence electrons. The number of fused-ring (bicyclic) bond motifs is 1. The molecule has 9 heteroatoms. The summed E-state index contributed by atoms with van der Waals surface area (Å²) < 4.78 is 4.14. The first-order chi connectivity index (χ1) is 9.88. The van der Waals surface area contributed by atoms with Crippen LogP contribution in [0.1, 0.15) is 13.3 Å². The normalized spacial score (nSPS) is 11.0. The Labute approximate surface area is 128 Å². The smallest absolute Gasteiger partial charge is 0.332 e. The molecule has 0 aromatic carbocycles. The summed E-state index contributed by atoms with van der Waals surface area (Å²) in [5.74, 6) is -0.204. The lowest BCUT2D eigenvalue weighted by atomic mass is 10.4. The van der Waals surface area contributed by atoms with Crippen molar-refractivity contribution in [2.75, 3.05) is 6.54 Å². The molecule has 1 amide bonds. The van der Waals surface area contributed by atoms with Gasteiger partial charge in [-0.3, -0.25) is 23.3 Å². The Morgan fingerprint density at radius 1 is 1.29 bits per heavy atom. The van der Waals surface area contributed by atoms with Crippen molar-refractivity contribution in [2.45, 2.75) is 19.9 Å². The maximum absolute atomic E-state index is 12.1. The third-order valence-electron chi connectivity index (χ3n) is 3.17. The van der Waals surface area contributed by atoms with Crippen molar-refractivity contribution in [1.29, 1.82) is 0 Å². The maximum Gasteiger partial charge on any atom is 0.332 e. The van der Waals surface area contributed by atoms with Crippen LogP contribution in [0.15, 0.2) is 14.3 Å². The predicted molar refractivity (Wildman–Crippen MR) is 81.2 cm³/mol. The summed E-state index contributed by atoms with van der Waals surface area (Å²) in [6, 6.07) is 0. The number of amides is 1. The van der Waals surface area contributed by atoms with Gasteiger partial charge in [0.1, 0.15) is 6.54 Å². The van der Waals surface area contributed by atoms with E-state index in [4.69, 9.17) is 0 Å². The Kier molecular flexibility index (Phi) is 4.31. The first kappa shape index (κ1) is 15.5. The van der Waals surface area contributed by atoms with Crippen LogP contribution in [-0.2, 0) is 25.4 Å². The van der Waals surface area contributed by atoms with Gasteiger partial charge in [0, 0.05) is 20.6 Å². The van der Waals surface area contributed by atoms with Gasteiger partial charge in [-0.2, -0.15) is 0 Å². The standard InChI is InChI=1S/C12H16BrN5O3/c1-4-5-14-7(19)6-18-9-8(15-11(18)13)10(20)17(3)12(21)16(9)2/h4-6H2,1-3H3,(H,14,19). The second-order valence-corrected chi connectivity index (χ2v) is 5.40. The lowest BCUT2D eigenvalue weighted by Crippen LogP contribution is -2.38. The van der Waals surface area contributed by atoms with Crippen molar-refractivity contribution in [2.24, 2.45) is 14.1 Å². The Morgan fingerprint density at radius 2 is 1.95 bits per heavy atom. The van der Waals surface area contributed by atoms with E-state index in [0.29, 0.717) is 16.9 Å². The average Bonchev–Trinajstić information content (AvgIpc) is 2.78. The van der Waals surface area contributed by atoms with Crippen molar-refractivity contribution in [3.8, 4) is 0 Å². The van der Waals surface area contributed by atoms with Crippen LogP contribution in [0, 0.1) is 0 Å². The van der Waals surface area contributed by atoms with Gasteiger partial charge in [-0.15, -0.1) is 0 Å². The minimum atomic E-state index is -0.485. The summed E-state index contributed by atoms with van der Waals surface area (Å²) in [7, 11) is 2.93. The molecule has 2 aromatic rings. The number of imidazole rings is 1. The van der Waals surface area contributed by atoms with Crippen LogP contribution in [-0.4, -0.2) is 31.1 Å². The summed E-state index contributed by atoms with van der Waals surface area (Å²) in [5.41, 5.74) is -0.479. The Bertz CT molecular complexity index is 817. The third-order valence-corrected chi connectivity index (χ3v) is 3.77. The van der Waals surface area contributed by atoms with Crippen LogP contribution in [0.2, 0.25) is 0 Å². The first-order valence-electron chi connectivity index (χ1n) is 6.47. The molecule has 2 heterocycles. The van der Waals surface area contributed by atoms with Gasteiger partial charge in [0.05, 0.1) is 0 Å². The highest BCUT2D eigenvalue weighted by Gasteiger charge is 2.19. The molecule has 21 heavy (non-hydrogen) atoms. The van der Waals surface area contributed by atoms with E-state index < -0.39 is 11.2 Å². The average molecular weight is 358 g/mol. The summed E-state index contributed by atoms with van der Waals surface area (Å²) in [4.78, 5) is 40.0. The number of hydrogen-bond donors (Lipinski definition) is 1. The van der Waals surface area contributed by atoms with E-state index in [2.05, 4.69) is 26.2 Å². The van der Waals surface area contributed by atoms with Gasteiger partial charge in [0.15, 0.2) is 15.9 Å². The maximum atomic E-state index is 12.1. The summed E-state index contributed by atoms with van der Waals surface area (Å²) in [5, 5.41) is 2.74. The van der Waals surface area contributed by atoms with E-state index in [1.165, 1.54) is 16.2 Å². The largest absolute Gasteiger partial charge is 0.355 e. The zero-order valence-corrected chi connectivity index (χ0v) is 13.6. The molecule has 1 N–H and O–H groups in total. The third kappa shape index (κ3) is 2.65. The molecule has 0 aliphatic rings. The highest BCUT2D eigenvalue weighted by molar-refractivity contribution is 9.10. The Hall–Kier alpha value is -1.90. The van der Waals surface area contributed by atoms with Crippen LogP contribution in [0.5, 0.6) is 0 Å². The molecule has 0 bridgehead atoms. The number of carbonyl (C=O) groups excluding carboxylic acids is 1. The summed E-state index contributed by atoms with van der Waals surface area (Å²) >= 11 is 3.23. The SMILES string of the molecule is CCCNC(=O)Cn1c(Br)nc2c(=O)n(C)c(=O)n(C)c21. The number of nitrogens with one attached hydrogen (secondary N) is 1. The summed E-state index contributed by atoms with van der Waals surface area (Å²) in [6.07, 6.45) is 0.830. The van der Waals surface area contributed by atoms with Crippen LogP contribution in [0.4, 0.5) is 0 Å². The number of halogens is 1. The quantitative estimate of drug-likeness (QED) is 0.762. The molecule has 2 aromatic heterocycles. The van der Waals surface area contributed by atoms with Gasteiger partial charge in [0.2, 0.25) is 5.91 Å². The molecule has 0 fully saturated rings. The van der Waals surface area contributed by atoms with Crippen molar-refractivity contribution in [3.63, 3.8) is 0 Å². The van der Waals surface area contributed by atoms with Gasteiger partial charge < -0.3 is 5.32 Å². The van der Waals surface area contributed by atoms with Crippen molar-refractivity contribution >= 4 is 33.0 Å². The topological polar surface area (TPSA) is 90.9 Å². The second-order valence-electron chi connectivity index (χ2n) is 4.69. The molecule has 0 unspecified atom stereocenters. The zero-order chi connectivity index (χ0) is 15.7. The van der Waals surface area contributed by atoms with Crippen LogP contribution >= 0.6 is 15.9 Å².